The minimum atomic E-state index is 0.0187. The van der Waals surface area contributed by atoms with Crippen molar-refractivity contribution in [3.8, 4) is 0 Å². The van der Waals surface area contributed by atoms with Gasteiger partial charge in [-0.25, -0.2) is 0 Å². The molecule has 144 valence electrons. The van der Waals surface area contributed by atoms with E-state index in [1.807, 2.05) is 24.3 Å². The number of morpholine rings is 1. The van der Waals surface area contributed by atoms with Crippen molar-refractivity contribution in [2.45, 2.75) is 26.2 Å². The molecule has 1 fully saturated rings. The third-order valence-corrected chi connectivity index (χ3v) is 4.78. The van der Waals surface area contributed by atoms with Crippen LogP contribution < -0.4 is 15.5 Å². The summed E-state index contributed by atoms with van der Waals surface area (Å²) < 4.78 is 5.43. The van der Waals surface area contributed by atoms with E-state index in [2.05, 4.69) is 53.6 Å². The van der Waals surface area contributed by atoms with Crippen LogP contribution in [0.3, 0.4) is 0 Å². The van der Waals surface area contributed by atoms with Crippen LogP contribution in [-0.4, -0.2) is 38.8 Å². The topological polar surface area (TPSA) is 53.6 Å². The maximum atomic E-state index is 12.5. The van der Waals surface area contributed by atoms with Crippen molar-refractivity contribution >= 4 is 23.0 Å². The zero-order valence-electron chi connectivity index (χ0n) is 16.2. The number of hydrogen-bond donors (Lipinski definition) is 2. The molecule has 5 nitrogen and oxygen atoms in total. The van der Waals surface area contributed by atoms with E-state index in [1.165, 1.54) is 5.56 Å². The van der Waals surface area contributed by atoms with Crippen LogP contribution in [0.4, 0.5) is 17.1 Å². The number of anilines is 3. The van der Waals surface area contributed by atoms with Gasteiger partial charge in [0.1, 0.15) is 0 Å². The molecular formula is C22H29N3O2. The van der Waals surface area contributed by atoms with Gasteiger partial charge in [0.25, 0.3) is 0 Å². The summed E-state index contributed by atoms with van der Waals surface area (Å²) in [6.45, 7) is 8.10. The van der Waals surface area contributed by atoms with Crippen LogP contribution in [-0.2, 0) is 9.53 Å². The molecule has 1 aliphatic rings. The second-order valence-electron chi connectivity index (χ2n) is 7.08. The summed E-state index contributed by atoms with van der Waals surface area (Å²) in [5.74, 6) is 0.466. The zero-order chi connectivity index (χ0) is 19.1. The summed E-state index contributed by atoms with van der Waals surface area (Å²) in [7, 11) is 0. The molecule has 2 aromatic rings. The average Bonchev–Trinajstić information content (AvgIpc) is 2.69. The standard InChI is InChI=1S/C22H29N3O2/c1-17(2)18-7-3-4-8-19(18)23-12-11-22(26)24-20-9-5-6-10-21(20)25-13-15-27-16-14-25/h3-10,17,23H,11-16H2,1-2H3,(H,24,26). The molecule has 2 aromatic carbocycles. The number of amides is 1. The number of para-hydroxylation sites is 3. The number of nitrogens with zero attached hydrogens (tertiary/aromatic N) is 1. The van der Waals surface area contributed by atoms with Gasteiger partial charge < -0.3 is 20.3 Å². The fraction of sp³-hybridized carbons (Fsp3) is 0.409. The highest BCUT2D eigenvalue weighted by Crippen LogP contribution is 2.27. The molecule has 3 rings (SSSR count). The van der Waals surface area contributed by atoms with Gasteiger partial charge in [-0.2, -0.15) is 0 Å². The highest BCUT2D eigenvalue weighted by atomic mass is 16.5. The van der Waals surface area contributed by atoms with E-state index in [0.29, 0.717) is 18.9 Å². The normalized spacial score (nSPS) is 14.3. The van der Waals surface area contributed by atoms with Crippen molar-refractivity contribution in [3.05, 3.63) is 54.1 Å². The molecule has 1 amide bonds. The monoisotopic (exact) mass is 367 g/mol. The average molecular weight is 367 g/mol. The van der Waals surface area contributed by atoms with Crippen molar-refractivity contribution in [3.63, 3.8) is 0 Å². The lowest BCUT2D eigenvalue weighted by Crippen LogP contribution is -2.36. The lowest BCUT2D eigenvalue weighted by atomic mass is 10.0. The Morgan fingerprint density at radius 3 is 2.44 bits per heavy atom. The number of nitrogens with one attached hydrogen (secondary N) is 2. The Hall–Kier alpha value is -2.53. The van der Waals surface area contributed by atoms with Gasteiger partial charge >= 0.3 is 0 Å². The van der Waals surface area contributed by atoms with E-state index >= 15 is 0 Å². The highest BCUT2D eigenvalue weighted by Gasteiger charge is 2.15. The van der Waals surface area contributed by atoms with Crippen LogP contribution in [0.15, 0.2) is 48.5 Å². The summed E-state index contributed by atoms with van der Waals surface area (Å²) in [5.41, 5.74) is 4.31. The molecule has 0 saturated carbocycles. The van der Waals surface area contributed by atoms with E-state index in [0.717, 1.165) is 43.4 Å². The van der Waals surface area contributed by atoms with Crippen molar-refractivity contribution in [2.75, 3.05) is 48.4 Å². The molecule has 1 heterocycles. The van der Waals surface area contributed by atoms with Crippen LogP contribution in [0.2, 0.25) is 0 Å². The first-order valence-electron chi connectivity index (χ1n) is 9.69. The first kappa shape index (κ1) is 19.2. The molecule has 0 atom stereocenters. The summed E-state index contributed by atoms with van der Waals surface area (Å²) >= 11 is 0. The van der Waals surface area contributed by atoms with Crippen molar-refractivity contribution in [2.24, 2.45) is 0 Å². The number of ether oxygens (including phenoxy) is 1. The second kappa shape index (κ2) is 9.42. The molecule has 0 unspecified atom stereocenters. The molecule has 5 heteroatoms. The zero-order valence-corrected chi connectivity index (χ0v) is 16.2. The molecule has 2 N–H and O–H groups in total. The Bertz CT molecular complexity index is 755. The van der Waals surface area contributed by atoms with E-state index in [-0.39, 0.29) is 5.91 Å². The summed E-state index contributed by atoms with van der Waals surface area (Å²) in [6.07, 6.45) is 0.421. The summed E-state index contributed by atoms with van der Waals surface area (Å²) in [6, 6.07) is 16.2. The van der Waals surface area contributed by atoms with E-state index in [9.17, 15) is 4.79 Å². The predicted molar refractivity (Wildman–Crippen MR) is 112 cm³/mol. The van der Waals surface area contributed by atoms with E-state index < -0.39 is 0 Å². The maximum Gasteiger partial charge on any atom is 0.226 e. The smallest absolute Gasteiger partial charge is 0.226 e. The fourth-order valence-electron chi connectivity index (χ4n) is 3.34. The van der Waals surface area contributed by atoms with Gasteiger partial charge in [0.15, 0.2) is 0 Å². The molecule has 0 aromatic heterocycles. The molecule has 1 aliphatic heterocycles. The molecule has 0 aliphatic carbocycles. The molecule has 1 saturated heterocycles. The fourth-order valence-corrected chi connectivity index (χ4v) is 3.34. The number of benzene rings is 2. The van der Waals surface area contributed by atoms with Gasteiger partial charge in [0, 0.05) is 31.7 Å². The van der Waals surface area contributed by atoms with Crippen LogP contribution in [0.1, 0.15) is 31.7 Å². The van der Waals surface area contributed by atoms with Crippen LogP contribution in [0.25, 0.3) is 0 Å². The van der Waals surface area contributed by atoms with Gasteiger partial charge in [0.2, 0.25) is 5.91 Å². The molecular weight excluding hydrogens is 338 g/mol. The van der Waals surface area contributed by atoms with E-state index in [4.69, 9.17) is 4.74 Å². The summed E-state index contributed by atoms with van der Waals surface area (Å²) in [4.78, 5) is 14.7. The Labute approximate surface area is 161 Å². The molecule has 27 heavy (non-hydrogen) atoms. The second-order valence-corrected chi connectivity index (χ2v) is 7.08. The minimum Gasteiger partial charge on any atom is -0.384 e. The van der Waals surface area contributed by atoms with Crippen molar-refractivity contribution < 1.29 is 9.53 Å². The number of hydrogen-bond acceptors (Lipinski definition) is 4. The first-order valence-corrected chi connectivity index (χ1v) is 9.69. The Kier molecular flexibility index (Phi) is 6.71. The van der Waals surface area contributed by atoms with Gasteiger partial charge in [0.05, 0.1) is 24.6 Å². The Morgan fingerprint density at radius 2 is 1.70 bits per heavy atom. The Morgan fingerprint density at radius 1 is 1.04 bits per heavy atom. The van der Waals surface area contributed by atoms with E-state index in [1.54, 1.807) is 0 Å². The highest BCUT2D eigenvalue weighted by molar-refractivity contribution is 5.94. The predicted octanol–water partition coefficient (Wildman–Crippen LogP) is 4.09. The van der Waals surface area contributed by atoms with Crippen LogP contribution >= 0.6 is 0 Å². The third kappa shape index (κ3) is 5.23. The van der Waals surface area contributed by atoms with Crippen LogP contribution in [0, 0.1) is 0 Å². The number of carbonyl (C=O) groups excluding carboxylic acids is 1. The molecule has 0 spiro atoms. The number of rotatable bonds is 7. The lowest BCUT2D eigenvalue weighted by Gasteiger charge is -2.30. The van der Waals surface area contributed by atoms with Crippen molar-refractivity contribution in [1.29, 1.82) is 0 Å². The third-order valence-electron chi connectivity index (χ3n) is 4.78. The number of carbonyl (C=O) groups is 1. The quantitative estimate of drug-likeness (QED) is 0.774. The van der Waals surface area contributed by atoms with Gasteiger partial charge in [-0.1, -0.05) is 44.2 Å². The van der Waals surface area contributed by atoms with Gasteiger partial charge in [-0.3, -0.25) is 4.79 Å². The van der Waals surface area contributed by atoms with Gasteiger partial charge in [-0.15, -0.1) is 0 Å². The van der Waals surface area contributed by atoms with Crippen LogP contribution in [0.5, 0.6) is 0 Å². The van der Waals surface area contributed by atoms with Crippen molar-refractivity contribution in [1.82, 2.24) is 0 Å². The Balaban J connectivity index is 1.56. The molecule has 0 bridgehead atoms. The first-order chi connectivity index (χ1) is 13.1. The largest absolute Gasteiger partial charge is 0.384 e. The van der Waals surface area contributed by atoms with Gasteiger partial charge in [-0.05, 0) is 29.7 Å². The minimum absolute atomic E-state index is 0.0187. The molecule has 0 radical (unpaired) electrons. The lowest BCUT2D eigenvalue weighted by molar-refractivity contribution is -0.115. The summed E-state index contributed by atoms with van der Waals surface area (Å²) in [5, 5.41) is 6.47. The maximum absolute atomic E-state index is 12.5. The SMILES string of the molecule is CC(C)c1ccccc1NCCC(=O)Nc1ccccc1N1CCOCC1.